The maximum atomic E-state index is 9.16. The summed E-state index contributed by atoms with van der Waals surface area (Å²) in [6, 6.07) is 0. The summed E-state index contributed by atoms with van der Waals surface area (Å²) in [6.07, 6.45) is 5.73. The molecule has 0 radical (unpaired) electrons. The van der Waals surface area contributed by atoms with Crippen LogP contribution in [-0.2, 0) is 0 Å². The molecule has 1 aliphatic heterocycles. The number of piperidine rings is 1. The van der Waals surface area contributed by atoms with Crippen LogP contribution in [0.5, 0.6) is 0 Å². The molecule has 9 heavy (non-hydrogen) atoms. The number of aliphatic hydroxyl groups excluding tert-OH is 1. The highest BCUT2D eigenvalue weighted by molar-refractivity contribution is 4.99. The van der Waals surface area contributed by atoms with Crippen LogP contribution in [0.25, 0.3) is 0 Å². The first kappa shape index (κ1) is 6.60. The Balaban J connectivity index is 2.41. The van der Waals surface area contributed by atoms with Crippen LogP contribution in [0.15, 0.2) is 0 Å². The Bertz CT molecular complexity index is 127. The number of terminal acetylenes is 1. The number of hydrogen-bond acceptors (Lipinski definition) is 2. The summed E-state index contributed by atoms with van der Waals surface area (Å²) >= 11 is 0. The molecule has 2 heteroatoms. The van der Waals surface area contributed by atoms with Crippen LogP contribution in [-0.4, -0.2) is 24.3 Å². The van der Waals surface area contributed by atoms with Crippen LogP contribution >= 0.6 is 0 Å². The first-order valence-corrected chi connectivity index (χ1v) is 3.19. The van der Waals surface area contributed by atoms with Gasteiger partial charge < -0.3 is 10.4 Å². The van der Waals surface area contributed by atoms with Gasteiger partial charge >= 0.3 is 0 Å². The smallest absolute Gasteiger partial charge is 0.0802 e. The first-order valence-electron chi connectivity index (χ1n) is 3.19. The molecule has 1 saturated heterocycles. The van der Waals surface area contributed by atoms with Gasteiger partial charge in [0, 0.05) is 12.5 Å². The summed E-state index contributed by atoms with van der Waals surface area (Å²) in [6.45, 7) is 1.58. The molecule has 0 aromatic rings. The summed E-state index contributed by atoms with van der Waals surface area (Å²) in [5, 5.41) is 12.2. The number of nitrogens with one attached hydrogen (secondary N) is 1. The average molecular weight is 125 g/mol. The Labute approximate surface area is 55.3 Å². The molecule has 2 N–H and O–H groups in total. The number of rotatable bonds is 0. The van der Waals surface area contributed by atoms with E-state index in [1.165, 1.54) is 0 Å². The summed E-state index contributed by atoms with van der Waals surface area (Å²) in [4.78, 5) is 0. The zero-order valence-electron chi connectivity index (χ0n) is 5.30. The van der Waals surface area contributed by atoms with Crippen LogP contribution < -0.4 is 5.32 Å². The molecular formula is C7H11NO. The number of aliphatic hydroxyl groups is 1. The van der Waals surface area contributed by atoms with E-state index >= 15 is 0 Å². The zero-order valence-corrected chi connectivity index (χ0v) is 5.30. The maximum absolute atomic E-state index is 9.16. The summed E-state index contributed by atoms with van der Waals surface area (Å²) < 4.78 is 0. The Morgan fingerprint density at radius 2 is 2.44 bits per heavy atom. The fourth-order valence-corrected chi connectivity index (χ4v) is 1.04. The Morgan fingerprint density at radius 3 is 2.89 bits per heavy atom. The molecule has 0 amide bonds. The Hall–Kier alpha value is -0.520. The van der Waals surface area contributed by atoms with Gasteiger partial charge in [-0.05, 0) is 13.0 Å². The van der Waals surface area contributed by atoms with Crippen molar-refractivity contribution in [2.75, 3.05) is 13.1 Å². The molecule has 1 aliphatic rings. The molecule has 0 aliphatic carbocycles. The second kappa shape index (κ2) is 2.86. The summed E-state index contributed by atoms with van der Waals surface area (Å²) in [5.74, 6) is 2.64. The van der Waals surface area contributed by atoms with Gasteiger partial charge in [0.1, 0.15) is 0 Å². The standard InChI is InChI=1S/C7H11NO/c1-2-6-3-4-8-5-7(6)9/h1,6-9H,3-5H2/t6-,7-/m1/s1. The predicted octanol–water partition coefficient (Wildman–Crippen LogP) is -0.410. The molecule has 1 heterocycles. The van der Waals surface area contributed by atoms with Gasteiger partial charge in [0.05, 0.1) is 6.10 Å². The molecule has 1 rings (SSSR count). The highest BCUT2D eigenvalue weighted by Gasteiger charge is 2.19. The van der Waals surface area contributed by atoms with E-state index in [1.807, 2.05) is 0 Å². The van der Waals surface area contributed by atoms with E-state index in [-0.39, 0.29) is 12.0 Å². The van der Waals surface area contributed by atoms with Crippen molar-refractivity contribution in [1.29, 1.82) is 0 Å². The van der Waals surface area contributed by atoms with Crippen molar-refractivity contribution in [2.45, 2.75) is 12.5 Å². The first-order chi connectivity index (χ1) is 4.34. The lowest BCUT2D eigenvalue weighted by Crippen LogP contribution is -2.39. The van der Waals surface area contributed by atoms with E-state index in [0.29, 0.717) is 6.54 Å². The minimum atomic E-state index is -0.330. The van der Waals surface area contributed by atoms with Gasteiger partial charge in [-0.1, -0.05) is 0 Å². The second-order valence-electron chi connectivity index (χ2n) is 2.33. The molecular weight excluding hydrogens is 114 g/mol. The van der Waals surface area contributed by atoms with E-state index in [4.69, 9.17) is 11.5 Å². The molecule has 2 nitrogen and oxygen atoms in total. The van der Waals surface area contributed by atoms with Crippen molar-refractivity contribution < 1.29 is 5.11 Å². The van der Waals surface area contributed by atoms with Crippen LogP contribution in [0, 0.1) is 18.3 Å². The molecule has 2 atom stereocenters. The monoisotopic (exact) mass is 125 g/mol. The maximum Gasteiger partial charge on any atom is 0.0802 e. The van der Waals surface area contributed by atoms with Crippen molar-refractivity contribution in [3.05, 3.63) is 0 Å². The van der Waals surface area contributed by atoms with Gasteiger partial charge in [0.25, 0.3) is 0 Å². The summed E-state index contributed by atoms with van der Waals surface area (Å²) in [5.41, 5.74) is 0. The van der Waals surface area contributed by atoms with E-state index in [0.717, 1.165) is 13.0 Å². The van der Waals surface area contributed by atoms with Crippen LogP contribution in [0.3, 0.4) is 0 Å². The number of hydrogen-bond donors (Lipinski definition) is 2. The lowest BCUT2D eigenvalue weighted by Gasteiger charge is -2.23. The van der Waals surface area contributed by atoms with Crippen molar-refractivity contribution >= 4 is 0 Å². The third kappa shape index (κ3) is 1.44. The topological polar surface area (TPSA) is 32.3 Å². The van der Waals surface area contributed by atoms with Crippen molar-refractivity contribution in [1.82, 2.24) is 5.32 Å². The highest BCUT2D eigenvalue weighted by Crippen LogP contribution is 2.09. The molecule has 0 saturated carbocycles. The molecule has 0 spiro atoms. The molecule has 0 bridgehead atoms. The van der Waals surface area contributed by atoms with E-state index < -0.39 is 0 Å². The molecule has 0 unspecified atom stereocenters. The predicted molar refractivity (Wildman–Crippen MR) is 35.8 cm³/mol. The van der Waals surface area contributed by atoms with Crippen LogP contribution in [0.2, 0.25) is 0 Å². The van der Waals surface area contributed by atoms with Crippen molar-refractivity contribution in [2.24, 2.45) is 5.92 Å². The van der Waals surface area contributed by atoms with E-state index in [2.05, 4.69) is 11.2 Å². The van der Waals surface area contributed by atoms with Gasteiger partial charge in [-0.2, -0.15) is 0 Å². The van der Waals surface area contributed by atoms with Crippen molar-refractivity contribution in [3.63, 3.8) is 0 Å². The lowest BCUT2D eigenvalue weighted by atomic mass is 9.96. The molecule has 0 aromatic heterocycles. The van der Waals surface area contributed by atoms with E-state index in [1.54, 1.807) is 0 Å². The quantitative estimate of drug-likeness (QED) is 0.431. The minimum absolute atomic E-state index is 0.0752. The van der Waals surface area contributed by atoms with Gasteiger partial charge in [0.15, 0.2) is 0 Å². The van der Waals surface area contributed by atoms with Crippen molar-refractivity contribution in [3.8, 4) is 12.3 Å². The fraction of sp³-hybridized carbons (Fsp3) is 0.714. The average Bonchev–Trinajstić information content (AvgIpc) is 1.89. The van der Waals surface area contributed by atoms with Crippen LogP contribution in [0.1, 0.15) is 6.42 Å². The normalized spacial score (nSPS) is 35.6. The van der Waals surface area contributed by atoms with Gasteiger partial charge in [0.2, 0.25) is 0 Å². The largest absolute Gasteiger partial charge is 0.391 e. The van der Waals surface area contributed by atoms with Gasteiger partial charge in [-0.25, -0.2) is 0 Å². The van der Waals surface area contributed by atoms with Gasteiger partial charge in [-0.3, -0.25) is 0 Å². The molecule has 50 valence electrons. The zero-order chi connectivity index (χ0) is 6.69. The molecule has 0 aromatic carbocycles. The van der Waals surface area contributed by atoms with Crippen LogP contribution in [0.4, 0.5) is 0 Å². The minimum Gasteiger partial charge on any atom is -0.391 e. The SMILES string of the molecule is C#C[C@@H]1CCNC[C@H]1O. The van der Waals surface area contributed by atoms with E-state index in [9.17, 15) is 0 Å². The lowest BCUT2D eigenvalue weighted by molar-refractivity contribution is 0.109. The second-order valence-corrected chi connectivity index (χ2v) is 2.33. The molecule has 1 fully saturated rings. The van der Waals surface area contributed by atoms with Gasteiger partial charge in [-0.15, -0.1) is 12.3 Å². The third-order valence-electron chi connectivity index (χ3n) is 1.66. The summed E-state index contributed by atoms with van der Waals surface area (Å²) in [7, 11) is 0. The third-order valence-corrected chi connectivity index (χ3v) is 1.66. The fourth-order valence-electron chi connectivity index (χ4n) is 1.04. The Kier molecular flexibility index (Phi) is 2.10. The highest BCUT2D eigenvalue weighted by atomic mass is 16.3. The Morgan fingerprint density at radius 1 is 1.67 bits per heavy atom. The number of β-amino-alcohol motifs (C(OH)–C–C–N with tert-alkyl or cyclic N) is 1.